The summed E-state index contributed by atoms with van der Waals surface area (Å²) in [5.41, 5.74) is 2.40. The highest BCUT2D eigenvalue weighted by Gasteiger charge is 2.06. The third-order valence-corrected chi connectivity index (χ3v) is 3.16. The molecule has 0 saturated carbocycles. The Morgan fingerprint density at radius 1 is 1.30 bits per heavy atom. The number of hydrogen-bond donors (Lipinski definition) is 1. The normalized spacial score (nSPS) is 10.7. The summed E-state index contributed by atoms with van der Waals surface area (Å²) in [4.78, 5) is 0. The number of aromatic nitrogens is 2. The molecule has 0 unspecified atom stereocenters. The molecule has 4 nitrogen and oxygen atoms in total. The average Bonchev–Trinajstić information content (AvgIpc) is 2.95. The van der Waals surface area contributed by atoms with Crippen molar-refractivity contribution in [1.82, 2.24) is 15.1 Å². The van der Waals surface area contributed by atoms with Crippen molar-refractivity contribution in [2.24, 2.45) is 0 Å². The molecule has 0 atom stereocenters. The standard InChI is InChI=1S/C16H23N3O/c1-3-8-17-13-15-7-4-6-14(2)16(15)20-12-11-19-10-5-9-18-19/h4-7,9-10,17H,3,8,11-13H2,1-2H3. The van der Waals surface area contributed by atoms with E-state index in [0.717, 1.165) is 31.8 Å². The van der Waals surface area contributed by atoms with Crippen molar-refractivity contribution < 1.29 is 4.74 Å². The molecule has 0 saturated heterocycles. The van der Waals surface area contributed by atoms with Crippen molar-refractivity contribution >= 4 is 0 Å². The Morgan fingerprint density at radius 2 is 2.20 bits per heavy atom. The fourth-order valence-corrected chi connectivity index (χ4v) is 2.13. The van der Waals surface area contributed by atoms with E-state index in [4.69, 9.17) is 4.74 Å². The van der Waals surface area contributed by atoms with Crippen LogP contribution < -0.4 is 10.1 Å². The van der Waals surface area contributed by atoms with Crippen molar-refractivity contribution in [3.8, 4) is 5.75 Å². The summed E-state index contributed by atoms with van der Waals surface area (Å²) in [5, 5.41) is 7.60. The minimum Gasteiger partial charge on any atom is -0.491 e. The Labute approximate surface area is 120 Å². The van der Waals surface area contributed by atoms with Crippen molar-refractivity contribution in [2.75, 3.05) is 13.2 Å². The zero-order chi connectivity index (χ0) is 14.2. The molecule has 0 aliphatic carbocycles. The number of hydrogen-bond acceptors (Lipinski definition) is 3. The first kappa shape index (κ1) is 14.6. The quantitative estimate of drug-likeness (QED) is 0.752. The van der Waals surface area contributed by atoms with E-state index in [9.17, 15) is 0 Å². The van der Waals surface area contributed by atoms with Crippen molar-refractivity contribution in [1.29, 1.82) is 0 Å². The van der Waals surface area contributed by atoms with Crippen molar-refractivity contribution in [3.05, 3.63) is 47.8 Å². The number of para-hydroxylation sites is 1. The van der Waals surface area contributed by atoms with Gasteiger partial charge < -0.3 is 10.1 Å². The first-order chi connectivity index (χ1) is 9.81. The fraction of sp³-hybridized carbons (Fsp3) is 0.438. The molecule has 1 N–H and O–H groups in total. The molecule has 108 valence electrons. The predicted octanol–water partition coefficient (Wildman–Crippen LogP) is 2.77. The second kappa shape index (κ2) is 7.70. The van der Waals surface area contributed by atoms with E-state index < -0.39 is 0 Å². The van der Waals surface area contributed by atoms with Crippen LogP contribution in [-0.4, -0.2) is 22.9 Å². The lowest BCUT2D eigenvalue weighted by Crippen LogP contribution is -2.16. The Bertz CT molecular complexity index is 508. The Hall–Kier alpha value is -1.81. The third kappa shape index (κ3) is 4.10. The number of nitrogens with one attached hydrogen (secondary N) is 1. The largest absolute Gasteiger partial charge is 0.491 e. The molecular formula is C16H23N3O. The number of rotatable bonds is 8. The van der Waals surface area contributed by atoms with Gasteiger partial charge in [0, 0.05) is 24.5 Å². The molecule has 0 amide bonds. The molecule has 20 heavy (non-hydrogen) atoms. The van der Waals surface area contributed by atoms with Crippen LogP contribution in [0.25, 0.3) is 0 Å². The van der Waals surface area contributed by atoms with Gasteiger partial charge in [0.2, 0.25) is 0 Å². The minimum absolute atomic E-state index is 0.632. The number of benzene rings is 1. The zero-order valence-electron chi connectivity index (χ0n) is 12.3. The first-order valence-electron chi connectivity index (χ1n) is 7.20. The van der Waals surface area contributed by atoms with Gasteiger partial charge in [-0.1, -0.05) is 25.1 Å². The summed E-state index contributed by atoms with van der Waals surface area (Å²) < 4.78 is 7.85. The molecule has 0 bridgehead atoms. The second-order valence-electron chi connectivity index (χ2n) is 4.86. The van der Waals surface area contributed by atoms with Crippen LogP contribution in [0.3, 0.4) is 0 Å². The Morgan fingerprint density at radius 3 is 2.95 bits per heavy atom. The van der Waals surface area contributed by atoms with Gasteiger partial charge in [0.15, 0.2) is 0 Å². The smallest absolute Gasteiger partial charge is 0.126 e. The maximum Gasteiger partial charge on any atom is 0.126 e. The minimum atomic E-state index is 0.632. The van der Waals surface area contributed by atoms with E-state index >= 15 is 0 Å². The van der Waals surface area contributed by atoms with Crippen LogP contribution in [0.1, 0.15) is 24.5 Å². The van der Waals surface area contributed by atoms with Crippen molar-refractivity contribution in [2.45, 2.75) is 33.4 Å². The molecule has 1 heterocycles. The molecule has 0 fully saturated rings. The van der Waals surface area contributed by atoms with Gasteiger partial charge in [-0.05, 0) is 31.5 Å². The van der Waals surface area contributed by atoms with E-state index in [2.05, 4.69) is 42.5 Å². The Kier molecular flexibility index (Phi) is 5.62. The summed E-state index contributed by atoms with van der Waals surface area (Å²) in [6, 6.07) is 8.22. The summed E-state index contributed by atoms with van der Waals surface area (Å²) >= 11 is 0. The highest BCUT2D eigenvalue weighted by Crippen LogP contribution is 2.23. The molecule has 1 aromatic carbocycles. The van der Waals surface area contributed by atoms with E-state index in [1.807, 2.05) is 16.9 Å². The van der Waals surface area contributed by atoms with Gasteiger partial charge in [0.1, 0.15) is 12.4 Å². The molecule has 0 radical (unpaired) electrons. The number of ether oxygens (including phenoxy) is 1. The fourth-order valence-electron chi connectivity index (χ4n) is 2.13. The van der Waals surface area contributed by atoms with E-state index in [-0.39, 0.29) is 0 Å². The predicted molar refractivity (Wildman–Crippen MR) is 80.9 cm³/mol. The lowest BCUT2D eigenvalue weighted by atomic mass is 10.1. The third-order valence-electron chi connectivity index (χ3n) is 3.16. The van der Waals surface area contributed by atoms with Crippen molar-refractivity contribution in [3.63, 3.8) is 0 Å². The van der Waals surface area contributed by atoms with Crippen LogP contribution >= 0.6 is 0 Å². The number of aryl methyl sites for hydroxylation is 1. The molecule has 0 spiro atoms. The molecule has 0 aliphatic heterocycles. The summed E-state index contributed by atoms with van der Waals surface area (Å²) in [6.07, 6.45) is 4.88. The number of nitrogens with zero attached hydrogens (tertiary/aromatic N) is 2. The summed E-state index contributed by atoms with van der Waals surface area (Å²) in [5.74, 6) is 1.00. The molecule has 2 aromatic rings. The SMILES string of the molecule is CCCNCc1cccc(C)c1OCCn1cccn1. The van der Waals surface area contributed by atoms with Gasteiger partial charge in [-0.3, -0.25) is 4.68 Å². The highest BCUT2D eigenvalue weighted by molar-refractivity contribution is 5.40. The van der Waals surface area contributed by atoms with Crippen LogP contribution in [0.5, 0.6) is 5.75 Å². The van der Waals surface area contributed by atoms with Crippen LogP contribution in [-0.2, 0) is 13.1 Å². The van der Waals surface area contributed by atoms with Crippen LogP contribution in [0.15, 0.2) is 36.7 Å². The first-order valence-corrected chi connectivity index (χ1v) is 7.20. The van der Waals surface area contributed by atoms with Crippen LogP contribution in [0, 0.1) is 6.92 Å². The van der Waals surface area contributed by atoms with Gasteiger partial charge in [0.05, 0.1) is 6.54 Å². The van der Waals surface area contributed by atoms with Gasteiger partial charge in [0.25, 0.3) is 0 Å². The van der Waals surface area contributed by atoms with E-state index in [0.29, 0.717) is 6.61 Å². The zero-order valence-corrected chi connectivity index (χ0v) is 12.3. The van der Waals surface area contributed by atoms with Gasteiger partial charge in [-0.2, -0.15) is 5.10 Å². The van der Waals surface area contributed by atoms with Gasteiger partial charge in [-0.25, -0.2) is 0 Å². The lowest BCUT2D eigenvalue weighted by molar-refractivity contribution is 0.286. The Balaban J connectivity index is 1.94. The van der Waals surface area contributed by atoms with Crippen LogP contribution in [0.2, 0.25) is 0 Å². The summed E-state index contributed by atoms with van der Waals surface area (Å²) in [6.45, 7) is 7.54. The molecule has 4 heteroatoms. The van der Waals surface area contributed by atoms with Gasteiger partial charge in [-0.15, -0.1) is 0 Å². The highest BCUT2D eigenvalue weighted by atomic mass is 16.5. The molecule has 0 aliphatic rings. The molecule has 2 rings (SSSR count). The monoisotopic (exact) mass is 273 g/mol. The molecular weight excluding hydrogens is 250 g/mol. The lowest BCUT2D eigenvalue weighted by Gasteiger charge is -2.14. The topological polar surface area (TPSA) is 39.1 Å². The van der Waals surface area contributed by atoms with E-state index in [1.165, 1.54) is 11.1 Å². The maximum absolute atomic E-state index is 5.97. The average molecular weight is 273 g/mol. The molecule has 1 aromatic heterocycles. The van der Waals surface area contributed by atoms with Gasteiger partial charge >= 0.3 is 0 Å². The van der Waals surface area contributed by atoms with E-state index in [1.54, 1.807) is 6.20 Å². The second-order valence-corrected chi connectivity index (χ2v) is 4.86. The summed E-state index contributed by atoms with van der Waals surface area (Å²) in [7, 11) is 0. The van der Waals surface area contributed by atoms with Crippen LogP contribution in [0.4, 0.5) is 0 Å². The maximum atomic E-state index is 5.97.